The molecule has 0 radical (unpaired) electrons. The van der Waals surface area contributed by atoms with Crippen molar-refractivity contribution in [1.29, 1.82) is 0 Å². The van der Waals surface area contributed by atoms with Crippen LogP contribution in [-0.4, -0.2) is 60.0 Å². The Balaban J connectivity index is 1.60. The Morgan fingerprint density at radius 1 is 1.07 bits per heavy atom. The standard InChI is InChI=1S/C24H28N2O4/c1-3-25-11-13-26(14-12-25)16-19-20(27)10-9-18-23(28)22(30-24(18)19)15-17-7-5-6-8-21(17)29-4-2/h5-10,15,27H,3-4,11-14,16H2,1-2H3. The minimum absolute atomic E-state index is 0.162. The van der Waals surface area contributed by atoms with E-state index in [1.54, 1.807) is 18.2 Å². The third kappa shape index (κ3) is 4.06. The van der Waals surface area contributed by atoms with Crippen molar-refractivity contribution in [3.8, 4) is 17.2 Å². The van der Waals surface area contributed by atoms with Gasteiger partial charge in [0.05, 0.1) is 17.7 Å². The zero-order chi connectivity index (χ0) is 21.1. The van der Waals surface area contributed by atoms with E-state index in [-0.39, 0.29) is 17.3 Å². The first-order valence-electron chi connectivity index (χ1n) is 10.6. The summed E-state index contributed by atoms with van der Waals surface area (Å²) in [7, 11) is 0. The minimum atomic E-state index is -0.173. The topological polar surface area (TPSA) is 62.2 Å². The lowest BCUT2D eigenvalue weighted by Gasteiger charge is -2.34. The highest BCUT2D eigenvalue weighted by molar-refractivity contribution is 6.15. The molecule has 158 valence electrons. The number of aromatic hydroxyl groups is 1. The molecule has 1 fully saturated rings. The van der Waals surface area contributed by atoms with Crippen LogP contribution in [0, 0.1) is 0 Å². The van der Waals surface area contributed by atoms with E-state index in [1.807, 2.05) is 31.2 Å². The largest absolute Gasteiger partial charge is 0.507 e. The molecule has 0 bridgehead atoms. The molecule has 0 unspecified atom stereocenters. The van der Waals surface area contributed by atoms with Crippen LogP contribution in [0.3, 0.4) is 0 Å². The number of benzene rings is 2. The summed E-state index contributed by atoms with van der Waals surface area (Å²) in [6.45, 7) is 10.1. The second-order valence-corrected chi connectivity index (χ2v) is 7.56. The fraction of sp³-hybridized carbons (Fsp3) is 0.375. The molecule has 0 atom stereocenters. The number of carbonyl (C=O) groups is 1. The van der Waals surface area contributed by atoms with Gasteiger partial charge in [0.2, 0.25) is 5.78 Å². The summed E-state index contributed by atoms with van der Waals surface area (Å²) >= 11 is 0. The van der Waals surface area contributed by atoms with Gasteiger partial charge in [0.15, 0.2) is 5.76 Å². The predicted molar refractivity (Wildman–Crippen MR) is 116 cm³/mol. The van der Waals surface area contributed by atoms with Gasteiger partial charge in [-0.1, -0.05) is 25.1 Å². The fourth-order valence-electron chi connectivity index (χ4n) is 3.96. The number of nitrogens with zero attached hydrogens (tertiary/aromatic N) is 2. The van der Waals surface area contributed by atoms with E-state index in [0.29, 0.717) is 35.8 Å². The van der Waals surface area contributed by atoms with Crippen molar-refractivity contribution in [2.24, 2.45) is 0 Å². The van der Waals surface area contributed by atoms with Crippen LogP contribution in [0.25, 0.3) is 6.08 Å². The fourth-order valence-corrected chi connectivity index (χ4v) is 3.96. The van der Waals surface area contributed by atoms with Crippen LogP contribution >= 0.6 is 0 Å². The number of phenolic OH excluding ortho intramolecular Hbond substituents is 1. The van der Waals surface area contributed by atoms with Crippen LogP contribution in [0.15, 0.2) is 42.2 Å². The summed E-state index contributed by atoms with van der Waals surface area (Å²) in [4.78, 5) is 17.7. The molecule has 1 saturated heterocycles. The molecule has 2 aromatic carbocycles. The van der Waals surface area contributed by atoms with Gasteiger partial charge in [0.25, 0.3) is 0 Å². The molecule has 0 saturated carbocycles. The number of ether oxygens (including phenoxy) is 2. The lowest BCUT2D eigenvalue weighted by molar-refractivity contribution is 0.101. The van der Waals surface area contributed by atoms with Gasteiger partial charge in [0, 0.05) is 38.3 Å². The number of carbonyl (C=O) groups excluding carboxylic acids is 1. The van der Waals surface area contributed by atoms with Crippen molar-refractivity contribution in [1.82, 2.24) is 9.80 Å². The molecule has 6 nitrogen and oxygen atoms in total. The van der Waals surface area contributed by atoms with Crippen LogP contribution < -0.4 is 9.47 Å². The van der Waals surface area contributed by atoms with Gasteiger partial charge >= 0.3 is 0 Å². The molecule has 2 aliphatic rings. The van der Waals surface area contributed by atoms with Crippen molar-refractivity contribution in [2.75, 3.05) is 39.3 Å². The Hall–Kier alpha value is -2.83. The van der Waals surface area contributed by atoms with Crippen molar-refractivity contribution >= 4 is 11.9 Å². The van der Waals surface area contributed by atoms with Gasteiger partial charge in [-0.25, -0.2) is 0 Å². The molecule has 2 heterocycles. The third-order valence-corrected chi connectivity index (χ3v) is 5.72. The number of allylic oxidation sites excluding steroid dienone is 1. The lowest BCUT2D eigenvalue weighted by Crippen LogP contribution is -2.45. The summed E-state index contributed by atoms with van der Waals surface area (Å²) < 4.78 is 11.7. The van der Waals surface area contributed by atoms with E-state index in [4.69, 9.17) is 9.47 Å². The molecule has 2 aliphatic heterocycles. The number of rotatable bonds is 6. The highest BCUT2D eigenvalue weighted by atomic mass is 16.5. The lowest BCUT2D eigenvalue weighted by atomic mass is 10.0. The van der Waals surface area contributed by atoms with Crippen molar-refractivity contribution in [2.45, 2.75) is 20.4 Å². The molecule has 4 rings (SSSR count). The second-order valence-electron chi connectivity index (χ2n) is 7.56. The number of ketones is 1. The summed E-state index contributed by atoms with van der Waals surface area (Å²) in [5, 5.41) is 10.5. The third-order valence-electron chi connectivity index (χ3n) is 5.72. The second kappa shape index (κ2) is 8.90. The maximum absolute atomic E-state index is 13.0. The van der Waals surface area contributed by atoms with Crippen LogP contribution in [0.2, 0.25) is 0 Å². The van der Waals surface area contributed by atoms with E-state index >= 15 is 0 Å². The average molecular weight is 408 g/mol. The molecule has 0 aromatic heterocycles. The Morgan fingerprint density at radius 3 is 2.53 bits per heavy atom. The number of likely N-dealkylation sites (N-methyl/N-ethyl adjacent to an activating group) is 1. The Labute approximate surface area is 177 Å². The van der Waals surface area contributed by atoms with Crippen LogP contribution in [0.1, 0.15) is 35.3 Å². The predicted octanol–water partition coefficient (Wildman–Crippen LogP) is 3.54. The molecule has 2 aromatic rings. The Bertz CT molecular complexity index is 962. The van der Waals surface area contributed by atoms with Crippen LogP contribution in [0.5, 0.6) is 17.2 Å². The SMILES string of the molecule is CCOc1ccccc1C=C1Oc2c(ccc(O)c2CN2CCN(CC)CC2)C1=O. The smallest absolute Gasteiger partial charge is 0.231 e. The van der Waals surface area contributed by atoms with Gasteiger partial charge < -0.3 is 19.5 Å². The normalized spacial score (nSPS) is 18.5. The van der Waals surface area contributed by atoms with Crippen LogP contribution in [0.4, 0.5) is 0 Å². The zero-order valence-corrected chi connectivity index (χ0v) is 17.6. The average Bonchev–Trinajstić information content (AvgIpc) is 3.08. The van der Waals surface area contributed by atoms with Gasteiger partial charge in [-0.2, -0.15) is 0 Å². The van der Waals surface area contributed by atoms with Crippen molar-refractivity contribution in [3.63, 3.8) is 0 Å². The number of Topliss-reactive ketones (excluding diaryl/α,β-unsaturated/α-hetero) is 1. The quantitative estimate of drug-likeness (QED) is 0.738. The maximum Gasteiger partial charge on any atom is 0.231 e. The first kappa shape index (κ1) is 20.4. The van der Waals surface area contributed by atoms with Crippen LogP contribution in [-0.2, 0) is 6.54 Å². The molecule has 0 amide bonds. The summed E-state index contributed by atoms with van der Waals surface area (Å²) in [6.07, 6.45) is 1.72. The van der Waals surface area contributed by atoms with E-state index in [2.05, 4.69) is 16.7 Å². The molecule has 1 N–H and O–H groups in total. The minimum Gasteiger partial charge on any atom is -0.507 e. The number of piperazine rings is 1. The monoisotopic (exact) mass is 408 g/mol. The van der Waals surface area contributed by atoms with Gasteiger partial charge in [-0.3, -0.25) is 9.69 Å². The number of hydrogen-bond donors (Lipinski definition) is 1. The molecular formula is C24H28N2O4. The summed E-state index contributed by atoms with van der Waals surface area (Å²) in [5.41, 5.74) is 1.96. The molecule has 30 heavy (non-hydrogen) atoms. The van der Waals surface area contributed by atoms with Gasteiger partial charge in [-0.05, 0) is 37.7 Å². The maximum atomic E-state index is 13.0. The number of hydrogen-bond acceptors (Lipinski definition) is 6. The van der Waals surface area contributed by atoms with E-state index in [1.165, 1.54) is 0 Å². The Morgan fingerprint density at radius 2 is 1.80 bits per heavy atom. The number of phenols is 1. The summed E-state index contributed by atoms with van der Waals surface area (Å²) in [6, 6.07) is 10.8. The first-order valence-corrected chi connectivity index (χ1v) is 10.6. The number of para-hydroxylation sites is 1. The Kier molecular flexibility index (Phi) is 6.06. The highest BCUT2D eigenvalue weighted by Crippen LogP contribution is 2.40. The van der Waals surface area contributed by atoms with Crippen molar-refractivity contribution in [3.05, 3.63) is 58.8 Å². The molecular weight excluding hydrogens is 380 g/mol. The zero-order valence-electron chi connectivity index (χ0n) is 17.6. The molecule has 0 spiro atoms. The van der Waals surface area contributed by atoms with E-state index in [0.717, 1.165) is 38.3 Å². The summed E-state index contributed by atoms with van der Waals surface area (Å²) in [5.74, 6) is 1.42. The highest BCUT2D eigenvalue weighted by Gasteiger charge is 2.32. The van der Waals surface area contributed by atoms with E-state index in [9.17, 15) is 9.90 Å². The van der Waals surface area contributed by atoms with Gasteiger partial charge in [0.1, 0.15) is 17.2 Å². The first-order chi connectivity index (χ1) is 14.6. The molecule has 6 heteroatoms. The van der Waals surface area contributed by atoms with E-state index < -0.39 is 0 Å². The van der Waals surface area contributed by atoms with Gasteiger partial charge in [-0.15, -0.1) is 0 Å². The number of fused-ring (bicyclic) bond motifs is 1. The van der Waals surface area contributed by atoms with Crippen molar-refractivity contribution < 1.29 is 19.4 Å². The molecule has 0 aliphatic carbocycles.